The van der Waals surface area contributed by atoms with Crippen molar-refractivity contribution in [2.24, 2.45) is 0 Å². The molecule has 2 rings (SSSR count). The van der Waals surface area contributed by atoms with Crippen LogP contribution in [0.5, 0.6) is 0 Å². The smallest absolute Gasteiger partial charge is 0.200 e. The van der Waals surface area contributed by atoms with Crippen molar-refractivity contribution >= 4 is 11.3 Å². The second-order valence-electron chi connectivity index (χ2n) is 2.65. The van der Waals surface area contributed by atoms with E-state index in [-0.39, 0.29) is 0 Å². The lowest BCUT2D eigenvalue weighted by atomic mass is 10.4. The minimum absolute atomic E-state index is 0.749. The zero-order valence-corrected chi connectivity index (χ0v) is 6.89. The molecule has 2 aromatic rings. The minimum atomic E-state index is 0.749. The molecule has 0 unspecified atom stereocenters. The van der Waals surface area contributed by atoms with Crippen molar-refractivity contribution in [1.82, 2.24) is 19.8 Å². The quantitative estimate of drug-likeness (QED) is 0.591. The van der Waals surface area contributed by atoms with Crippen molar-refractivity contribution in [3.8, 4) is 0 Å². The first-order chi connectivity index (χ1) is 5.79. The molecule has 0 N–H and O–H groups in total. The third kappa shape index (κ3) is 0.903. The van der Waals surface area contributed by atoms with Gasteiger partial charge in [-0.3, -0.25) is 0 Å². The third-order valence-corrected chi connectivity index (χ3v) is 1.61. The predicted molar refractivity (Wildman–Crippen MR) is 43.9 cm³/mol. The average molecular weight is 162 g/mol. The van der Waals surface area contributed by atoms with Gasteiger partial charge in [0.1, 0.15) is 12.5 Å². The molecular formula is C7H8N5. The van der Waals surface area contributed by atoms with Gasteiger partial charge in [-0.1, -0.05) is 0 Å². The van der Waals surface area contributed by atoms with Crippen LogP contribution in [0.25, 0.3) is 5.65 Å². The molecule has 0 atom stereocenters. The summed E-state index contributed by atoms with van der Waals surface area (Å²) in [7, 11) is 3.88. The van der Waals surface area contributed by atoms with Crippen LogP contribution in [-0.2, 0) is 0 Å². The third-order valence-electron chi connectivity index (χ3n) is 1.61. The second-order valence-corrected chi connectivity index (χ2v) is 2.65. The summed E-state index contributed by atoms with van der Waals surface area (Å²) >= 11 is 0. The van der Waals surface area contributed by atoms with Crippen molar-refractivity contribution in [2.45, 2.75) is 0 Å². The first-order valence-electron chi connectivity index (χ1n) is 3.53. The highest BCUT2D eigenvalue weighted by molar-refractivity contribution is 5.66. The van der Waals surface area contributed by atoms with Crippen LogP contribution >= 0.6 is 0 Å². The molecule has 0 aliphatic heterocycles. The Labute approximate surface area is 69.6 Å². The van der Waals surface area contributed by atoms with E-state index in [1.165, 1.54) is 0 Å². The van der Waals surface area contributed by atoms with Crippen molar-refractivity contribution in [3.63, 3.8) is 0 Å². The maximum atomic E-state index is 3.93. The molecule has 0 aliphatic rings. The van der Waals surface area contributed by atoms with Crippen LogP contribution in [0.2, 0.25) is 0 Å². The van der Waals surface area contributed by atoms with E-state index in [9.17, 15) is 0 Å². The van der Waals surface area contributed by atoms with Gasteiger partial charge in [-0.2, -0.15) is 9.61 Å². The lowest BCUT2D eigenvalue weighted by molar-refractivity contribution is 0.913. The lowest BCUT2D eigenvalue weighted by Crippen LogP contribution is -2.10. The Bertz CT molecular complexity index is 391. The van der Waals surface area contributed by atoms with Crippen molar-refractivity contribution < 1.29 is 0 Å². The van der Waals surface area contributed by atoms with Gasteiger partial charge >= 0.3 is 0 Å². The molecule has 0 aromatic carbocycles. The van der Waals surface area contributed by atoms with Gasteiger partial charge in [0, 0.05) is 14.1 Å². The molecule has 0 bridgehead atoms. The molecule has 5 heteroatoms. The van der Waals surface area contributed by atoms with Gasteiger partial charge in [0.25, 0.3) is 0 Å². The molecule has 1 radical (unpaired) electrons. The summed E-state index contributed by atoms with van der Waals surface area (Å²) in [6, 6.07) is 1.78. The van der Waals surface area contributed by atoms with E-state index >= 15 is 0 Å². The van der Waals surface area contributed by atoms with E-state index in [0.717, 1.165) is 11.3 Å². The Morgan fingerprint density at radius 3 is 3.08 bits per heavy atom. The first-order valence-corrected chi connectivity index (χ1v) is 3.53. The Hall–Kier alpha value is -1.65. The Kier molecular flexibility index (Phi) is 1.43. The Morgan fingerprint density at radius 2 is 2.33 bits per heavy atom. The van der Waals surface area contributed by atoms with E-state index in [2.05, 4.69) is 21.5 Å². The number of hydrogen-bond donors (Lipinski definition) is 0. The molecule has 0 fully saturated rings. The molecule has 0 spiro atoms. The van der Waals surface area contributed by atoms with Crippen LogP contribution in [0, 0.1) is 6.20 Å². The molecule has 0 amide bonds. The van der Waals surface area contributed by atoms with Gasteiger partial charge < -0.3 is 4.90 Å². The van der Waals surface area contributed by atoms with Crippen molar-refractivity contribution in [3.05, 3.63) is 18.6 Å². The van der Waals surface area contributed by atoms with Crippen LogP contribution in [0.4, 0.5) is 5.69 Å². The maximum absolute atomic E-state index is 3.93. The topological polar surface area (TPSA) is 46.3 Å². The van der Waals surface area contributed by atoms with Gasteiger partial charge in [0.05, 0.1) is 5.69 Å². The molecule has 2 aromatic heterocycles. The fourth-order valence-corrected chi connectivity index (χ4v) is 1.02. The van der Waals surface area contributed by atoms with Crippen molar-refractivity contribution in [2.75, 3.05) is 19.0 Å². The van der Waals surface area contributed by atoms with Gasteiger partial charge in [-0.15, -0.1) is 10.2 Å². The summed E-state index contributed by atoms with van der Waals surface area (Å²) < 4.78 is 1.59. The van der Waals surface area contributed by atoms with Crippen LogP contribution in [0.1, 0.15) is 0 Å². The van der Waals surface area contributed by atoms with E-state index in [1.54, 1.807) is 16.9 Å². The predicted octanol–water partition coefficient (Wildman–Crippen LogP) is -0.00951. The first kappa shape index (κ1) is 7.02. The molecule has 0 saturated carbocycles. The summed E-state index contributed by atoms with van der Waals surface area (Å²) in [4.78, 5) is 1.95. The zero-order valence-electron chi connectivity index (χ0n) is 6.89. The summed E-state index contributed by atoms with van der Waals surface area (Å²) in [6.07, 6.45) is 4.32. The SMILES string of the molecule is CN(C)c1c[c]nn2cnnc12. The largest absolute Gasteiger partial charge is 0.374 e. The number of fused-ring (bicyclic) bond motifs is 1. The highest BCUT2D eigenvalue weighted by atomic mass is 15.3. The summed E-state index contributed by atoms with van der Waals surface area (Å²) in [5, 5.41) is 11.6. The van der Waals surface area contributed by atoms with Crippen LogP contribution < -0.4 is 4.90 Å². The van der Waals surface area contributed by atoms with E-state index < -0.39 is 0 Å². The summed E-state index contributed by atoms with van der Waals surface area (Å²) in [5.41, 5.74) is 1.71. The number of nitrogens with zero attached hydrogens (tertiary/aromatic N) is 5. The number of rotatable bonds is 1. The van der Waals surface area contributed by atoms with Gasteiger partial charge in [-0.05, 0) is 6.07 Å². The van der Waals surface area contributed by atoms with Gasteiger partial charge in [0.2, 0.25) is 5.65 Å². The molecule has 61 valence electrons. The number of hydrogen-bond acceptors (Lipinski definition) is 4. The van der Waals surface area contributed by atoms with Crippen molar-refractivity contribution in [1.29, 1.82) is 0 Å². The Morgan fingerprint density at radius 1 is 1.50 bits per heavy atom. The highest BCUT2D eigenvalue weighted by Crippen LogP contribution is 2.13. The van der Waals surface area contributed by atoms with Crippen LogP contribution in [0.3, 0.4) is 0 Å². The zero-order chi connectivity index (χ0) is 8.55. The fourth-order valence-electron chi connectivity index (χ4n) is 1.02. The molecule has 0 saturated heterocycles. The van der Waals surface area contributed by atoms with Crippen LogP contribution in [-0.4, -0.2) is 33.9 Å². The van der Waals surface area contributed by atoms with Gasteiger partial charge in [-0.25, -0.2) is 0 Å². The van der Waals surface area contributed by atoms with Gasteiger partial charge in [0.15, 0.2) is 0 Å². The molecular weight excluding hydrogens is 154 g/mol. The fraction of sp³-hybridized carbons (Fsp3) is 0.286. The monoisotopic (exact) mass is 162 g/mol. The minimum Gasteiger partial charge on any atom is -0.374 e. The average Bonchev–Trinajstić information content (AvgIpc) is 2.49. The summed E-state index contributed by atoms with van der Waals surface area (Å²) in [5.74, 6) is 0. The Balaban J connectivity index is 2.73. The molecule has 5 nitrogen and oxygen atoms in total. The lowest BCUT2D eigenvalue weighted by Gasteiger charge is -2.11. The highest BCUT2D eigenvalue weighted by Gasteiger charge is 2.04. The van der Waals surface area contributed by atoms with Crippen LogP contribution in [0.15, 0.2) is 12.4 Å². The normalized spacial score (nSPS) is 10.5. The summed E-state index contributed by atoms with van der Waals surface area (Å²) in [6.45, 7) is 0. The second kappa shape index (κ2) is 2.44. The van der Waals surface area contributed by atoms with E-state index in [4.69, 9.17) is 0 Å². The molecule has 2 heterocycles. The molecule has 0 aliphatic carbocycles. The van der Waals surface area contributed by atoms with E-state index in [0.29, 0.717) is 0 Å². The number of anilines is 1. The molecule has 12 heavy (non-hydrogen) atoms. The maximum Gasteiger partial charge on any atom is 0.200 e. The number of aromatic nitrogens is 4. The van der Waals surface area contributed by atoms with E-state index in [1.807, 2.05) is 19.0 Å². The standard InChI is InChI=1S/C7H8N5/c1-11(2)6-3-4-9-12-5-8-10-7(6)12/h3,5H,1-2H3.